The number of likely N-dealkylation sites (N-methyl/N-ethyl adjacent to an activating group) is 1. The van der Waals surface area contributed by atoms with Crippen LogP contribution in [0.1, 0.15) is 21.6 Å². The van der Waals surface area contributed by atoms with Crippen LogP contribution in [-0.4, -0.2) is 63.6 Å². The number of hydrogen-bond acceptors (Lipinski definition) is 5. The van der Waals surface area contributed by atoms with Crippen molar-refractivity contribution in [2.24, 2.45) is 7.05 Å². The fraction of sp³-hybridized carbons (Fsp3) is 0.296. The van der Waals surface area contributed by atoms with Crippen molar-refractivity contribution >= 4 is 16.6 Å². The Morgan fingerprint density at radius 1 is 0.909 bits per heavy atom. The zero-order valence-corrected chi connectivity index (χ0v) is 19.2. The molecule has 3 heterocycles. The third kappa shape index (κ3) is 5.02. The van der Waals surface area contributed by atoms with Crippen molar-refractivity contribution in [3.05, 3.63) is 83.9 Å². The molecule has 4 aromatic rings. The third-order valence-corrected chi connectivity index (χ3v) is 6.41. The van der Waals surface area contributed by atoms with Gasteiger partial charge in [0, 0.05) is 74.4 Å². The van der Waals surface area contributed by atoms with Gasteiger partial charge in [-0.1, -0.05) is 30.3 Å². The van der Waals surface area contributed by atoms with Crippen molar-refractivity contribution < 1.29 is 4.79 Å². The molecule has 5 rings (SSSR count). The van der Waals surface area contributed by atoms with Crippen LogP contribution in [0, 0.1) is 0 Å². The number of nitrogens with zero attached hydrogens (tertiary/aromatic N) is 5. The molecule has 1 saturated heterocycles. The van der Waals surface area contributed by atoms with Gasteiger partial charge >= 0.3 is 0 Å². The van der Waals surface area contributed by atoms with Crippen LogP contribution in [0.25, 0.3) is 21.9 Å². The van der Waals surface area contributed by atoms with Crippen LogP contribution in [0.3, 0.4) is 0 Å². The molecule has 0 atom stereocenters. The smallest absolute Gasteiger partial charge is 0.168 e. The van der Waals surface area contributed by atoms with Gasteiger partial charge in [-0.25, -0.2) is 0 Å². The lowest BCUT2D eigenvalue weighted by Gasteiger charge is -2.32. The SMILES string of the molecule is CN1CCN(Cc2cccc(C(=O)Cc3cc4cc(-c5cnn(C)c5)ccc4cn3)c2)CC1. The van der Waals surface area contributed by atoms with Gasteiger partial charge in [-0.3, -0.25) is 19.4 Å². The van der Waals surface area contributed by atoms with Gasteiger partial charge in [-0.2, -0.15) is 5.10 Å². The normalized spacial score (nSPS) is 15.2. The second-order valence-corrected chi connectivity index (χ2v) is 9.02. The number of fused-ring (bicyclic) bond motifs is 1. The summed E-state index contributed by atoms with van der Waals surface area (Å²) in [6.45, 7) is 5.21. The van der Waals surface area contributed by atoms with E-state index in [-0.39, 0.29) is 5.78 Å². The van der Waals surface area contributed by atoms with E-state index in [0.717, 1.165) is 65.9 Å². The summed E-state index contributed by atoms with van der Waals surface area (Å²) in [5.41, 5.74) is 4.92. The Morgan fingerprint density at radius 3 is 2.55 bits per heavy atom. The van der Waals surface area contributed by atoms with E-state index in [0.29, 0.717) is 6.42 Å². The summed E-state index contributed by atoms with van der Waals surface area (Å²) in [6, 6.07) is 16.4. The van der Waals surface area contributed by atoms with Gasteiger partial charge in [0.1, 0.15) is 0 Å². The number of rotatable bonds is 6. The lowest BCUT2D eigenvalue weighted by molar-refractivity contribution is 0.0991. The largest absolute Gasteiger partial charge is 0.304 e. The Kier molecular flexibility index (Phi) is 6.03. The van der Waals surface area contributed by atoms with Gasteiger partial charge in [-0.05, 0) is 41.8 Å². The highest BCUT2D eigenvalue weighted by Crippen LogP contribution is 2.24. The monoisotopic (exact) mass is 439 g/mol. The van der Waals surface area contributed by atoms with E-state index in [1.165, 1.54) is 5.56 Å². The van der Waals surface area contributed by atoms with Crippen molar-refractivity contribution in [2.45, 2.75) is 13.0 Å². The summed E-state index contributed by atoms with van der Waals surface area (Å²) in [6.07, 6.45) is 6.02. The minimum atomic E-state index is 0.102. The molecular formula is C27H29N5O. The Bertz CT molecular complexity index is 1290. The molecule has 0 saturated carbocycles. The Labute approximate surface area is 194 Å². The summed E-state index contributed by atoms with van der Waals surface area (Å²) in [7, 11) is 4.08. The number of ketones is 1. The Hall–Kier alpha value is -3.35. The van der Waals surface area contributed by atoms with E-state index in [4.69, 9.17) is 0 Å². The molecule has 6 nitrogen and oxygen atoms in total. The van der Waals surface area contributed by atoms with Gasteiger partial charge in [0.2, 0.25) is 0 Å². The molecule has 0 unspecified atom stereocenters. The van der Waals surface area contributed by atoms with Crippen molar-refractivity contribution in [3.63, 3.8) is 0 Å². The number of aromatic nitrogens is 3. The molecule has 0 radical (unpaired) electrons. The Morgan fingerprint density at radius 2 is 1.76 bits per heavy atom. The lowest BCUT2D eigenvalue weighted by Crippen LogP contribution is -2.43. The van der Waals surface area contributed by atoms with Gasteiger partial charge in [0.25, 0.3) is 0 Å². The van der Waals surface area contributed by atoms with Crippen LogP contribution in [0.5, 0.6) is 0 Å². The zero-order valence-electron chi connectivity index (χ0n) is 19.2. The number of pyridine rings is 1. The molecule has 0 N–H and O–H groups in total. The van der Waals surface area contributed by atoms with E-state index < -0.39 is 0 Å². The van der Waals surface area contributed by atoms with Crippen molar-refractivity contribution in [1.82, 2.24) is 24.6 Å². The van der Waals surface area contributed by atoms with Gasteiger partial charge < -0.3 is 4.90 Å². The van der Waals surface area contributed by atoms with E-state index in [2.05, 4.69) is 51.2 Å². The predicted molar refractivity (Wildman–Crippen MR) is 131 cm³/mol. The van der Waals surface area contributed by atoms with Crippen LogP contribution in [0.15, 0.2) is 67.1 Å². The fourth-order valence-electron chi connectivity index (χ4n) is 4.41. The van der Waals surface area contributed by atoms with E-state index in [1.807, 2.05) is 49.9 Å². The van der Waals surface area contributed by atoms with Gasteiger partial charge in [-0.15, -0.1) is 0 Å². The molecule has 2 aromatic heterocycles. The summed E-state index contributed by atoms with van der Waals surface area (Å²) in [4.78, 5) is 22.4. The minimum Gasteiger partial charge on any atom is -0.304 e. The van der Waals surface area contributed by atoms with E-state index in [9.17, 15) is 4.79 Å². The summed E-state index contributed by atoms with van der Waals surface area (Å²) in [5.74, 6) is 0.102. The van der Waals surface area contributed by atoms with Gasteiger partial charge in [0.05, 0.1) is 12.6 Å². The second kappa shape index (κ2) is 9.25. The molecule has 168 valence electrons. The van der Waals surface area contributed by atoms with E-state index >= 15 is 0 Å². The summed E-state index contributed by atoms with van der Waals surface area (Å²) >= 11 is 0. The van der Waals surface area contributed by atoms with Crippen LogP contribution in [0.4, 0.5) is 0 Å². The molecule has 0 spiro atoms. The van der Waals surface area contributed by atoms with Crippen LogP contribution >= 0.6 is 0 Å². The lowest BCUT2D eigenvalue weighted by atomic mass is 10.0. The van der Waals surface area contributed by atoms with Crippen LogP contribution in [0.2, 0.25) is 0 Å². The summed E-state index contributed by atoms with van der Waals surface area (Å²) in [5, 5.41) is 6.41. The molecule has 0 bridgehead atoms. The topological polar surface area (TPSA) is 54.3 Å². The van der Waals surface area contributed by atoms with Crippen molar-refractivity contribution in [3.8, 4) is 11.1 Å². The Balaban J connectivity index is 1.31. The first-order chi connectivity index (χ1) is 16.0. The molecule has 1 aliphatic heterocycles. The molecule has 1 fully saturated rings. The first kappa shape index (κ1) is 21.5. The quantitative estimate of drug-likeness (QED) is 0.428. The first-order valence-electron chi connectivity index (χ1n) is 11.4. The number of Topliss-reactive ketones (excluding diaryl/α,β-unsaturated/α-hetero) is 1. The minimum absolute atomic E-state index is 0.102. The third-order valence-electron chi connectivity index (χ3n) is 6.41. The number of carbonyl (C=O) groups excluding carboxylic acids is 1. The first-order valence-corrected chi connectivity index (χ1v) is 11.4. The number of piperazine rings is 1. The molecule has 0 amide bonds. The predicted octanol–water partition coefficient (Wildman–Crippen LogP) is 3.81. The highest BCUT2D eigenvalue weighted by molar-refractivity contribution is 5.98. The molecule has 0 aliphatic carbocycles. The molecular weight excluding hydrogens is 410 g/mol. The highest BCUT2D eigenvalue weighted by atomic mass is 16.1. The van der Waals surface area contributed by atoms with Gasteiger partial charge in [0.15, 0.2) is 5.78 Å². The fourth-order valence-corrected chi connectivity index (χ4v) is 4.41. The molecule has 2 aromatic carbocycles. The highest BCUT2D eigenvalue weighted by Gasteiger charge is 2.15. The van der Waals surface area contributed by atoms with Crippen LogP contribution < -0.4 is 0 Å². The standard InChI is InChI=1S/C27H29N5O/c1-30-8-10-32(11-9-30)18-20-4-3-5-22(12-20)27(33)15-26-14-24-13-21(6-7-23(24)16-28-26)25-17-29-31(2)19-25/h3-7,12-14,16-17,19H,8-11,15,18H2,1-2H3. The number of benzene rings is 2. The average Bonchev–Trinajstić information content (AvgIpc) is 3.26. The van der Waals surface area contributed by atoms with Crippen LogP contribution in [-0.2, 0) is 20.0 Å². The zero-order chi connectivity index (χ0) is 22.8. The summed E-state index contributed by atoms with van der Waals surface area (Å²) < 4.78 is 1.80. The second-order valence-electron chi connectivity index (χ2n) is 9.02. The molecule has 6 heteroatoms. The van der Waals surface area contributed by atoms with E-state index in [1.54, 1.807) is 4.68 Å². The molecule has 1 aliphatic rings. The van der Waals surface area contributed by atoms with Crippen molar-refractivity contribution in [1.29, 1.82) is 0 Å². The molecule has 33 heavy (non-hydrogen) atoms. The number of hydrogen-bond donors (Lipinski definition) is 0. The maximum atomic E-state index is 13.1. The number of carbonyl (C=O) groups is 1. The van der Waals surface area contributed by atoms with Crippen molar-refractivity contribution in [2.75, 3.05) is 33.2 Å². The number of aryl methyl sites for hydroxylation is 1. The average molecular weight is 440 g/mol. The maximum absolute atomic E-state index is 13.1. The maximum Gasteiger partial charge on any atom is 0.168 e.